The zero-order valence-electron chi connectivity index (χ0n) is 14.4. The number of carboxylic acid groups (broad SMARTS) is 1. The van der Waals surface area contributed by atoms with Crippen LogP contribution in [0, 0.1) is 5.92 Å². The Hall–Kier alpha value is -0.307. The average Bonchev–Trinajstić information content (AvgIpc) is 2.60. The minimum atomic E-state index is -1.80. The van der Waals surface area contributed by atoms with Gasteiger partial charge >= 0.3 is 25.4 Å². The van der Waals surface area contributed by atoms with E-state index in [0.717, 1.165) is 0 Å². The predicted octanol–water partition coefficient (Wildman–Crippen LogP) is -5.05. The fraction of sp³-hybridized carbons (Fsp3) is 0.929. The van der Waals surface area contributed by atoms with Crippen LogP contribution in [0.5, 0.6) is 0 Å². The number of carbonyl (C=O) groups is 1. The molecule has 0 amide bonds. The SMILES string of the molecule is N[C@@H]1[C@@H](COC[C@@H]2O[C@H](C(=O)O)[C@@H](O)[C@H](O)[C@H]2O)[C@@H](O)[C@@H](CO)O[C@H]1O.[Zn+2]. The van der Waals surface area contributed by atoms with E-state index in [2.05, 4.69) is 0 Å². The van der Waals surface area contributed by atoms with Crippen LogP contribution in [0.2, 0.25) is 0 Å². The number of hydrogen-bond acceptors (Lipinski definition) is 11. The molecule has 2 heterocycles. The van der Waals surface area contributed by atoms with E-state index in [9.17, 15) is 30.3 Å². The summed E-state index contributed by atoms with van der Waals surface area (Å²) in [5.74, 6) is -2.33. The van der Waals surface area contributed by atoms with Crippen molar-refractivity contribution in [1.82, 2.24) is 0 Å². The molecule has 0 spiro atoms. The maximum Gasteiger partial charge on any atom is 2.00 e. The molecule has 2 saturated heterocycles. The minimum absolute atomic E-state index is 0. The molecule has 2 aliphatic rings. The van der Waals surface area contributed by atoms with Gasteiger partial charge in [0.1, 0.15) is 30.5 Å². The summed E-state index contributed by atoms with van der Waals surface area (Å²) in [4.78, 5) is 11.0. The summed E-state index contributed by atoms with van der Waals surface area (Å²) in [5.41, 5.74) is 5.75. The molecule has 13 heteroatoms. The molecular weight excluding hydrogens is 424 g/mol. The number of ether oxygens (including phenoxy) is 3. The number of aliphatic hydroxyl groups excluding tert-OH is 6. The van der Waals surface area contributed by atoms with Crippen molar-refractivity contribution in [1.29, 1.82) is 0 Å². The Morgan fingerprint density at radius 2 is 1.56 bits per heavy atom. The van der Waals surface area contributed by atoms with E-state index >= 15 is 0 Å². The van der Waals surface area contributed by atoms with Crippen molar-refractivity contribution in [3.05, 3.63) is 0 Å². The molecular formula is C14H25NO11Zn+2. The van der Waals surface area contributed by atoms with E-state index in [0.29, 0.717) is 0 Å². The standard InChI is InChI=1S/C14H25NO11.Zn/c15-7-4(8(17)5(1-16)26-14(7)23)2-24-3-6-9(18)10(19)11(20)12(25-6)13(21)22;/h4-12,14,16-20,23H,1-3,15H2,(H,21,22);/q;+2/t4-,5-,6+,7-,8-,9+,10-,11+,12+,14-;/m1./s1. The van der Waals surface area contributed by atoms with Gasteiger partial charge in [0.2, 0.25) is 0 Å². The first-order valence-electron chi connectivity index (χ1n) is 8.07. The molecule has 10 atom stereocenters. The van der Waals surface area contributed by atoms with E-state index in [1.165, 1.54) is 0 Å². The predicted molar refractivity (Wildman–Crippen MR) is 80.6 cm³/mol. The van der Waals surface area contributed by atoms with Gasteiger partial charge in [0, 0.05) is 5.92 Å². The van der Waals surface area contributed by atoms with Gasteiger partial charge in [-0.3, -0.25) is 0 Å². The molecule has 2 rings (SSSR count). The van der Waals surface area contributed by atoms with Gasteiger partial charge < -0.3 is 55.7 Å². The minimum Gasteiger partial charge on any atom is -0.479 e. The molecule has 0 aromatic carbocycles. The molecule has 0 radical (unpaired) electrons. The van der Waals surface area contributed by atoms with Crippen LogP contribution in [-0.2, 0) is 38.5 Å². The van der Waals surface area contributed by atoms with Gasteiger partial charge in [-0.1, -0.05) is 0 Å². The van der Waals surface area contributed by atoms with Gasteiger partial charge in [0.05, 0.1) is 32.0 Å². The van der Waals surface area contributed by atoms with Gasteiger partial charge in [0.25, 0.3) is 0 Å². The van der Waals surface area contributed by atoms with Gasteiger partial charge in [-0.15, -0.1) is 0 Å². The number of aliphatic carboxylic acids is 1. The van der Waals surface area contributed by atoms with Crippen LogP contribution in [0.1, 0.15) is 0 Å². The summed E-state index contributed by atoms with van der Waals surface area (Å²) < 4.78 is 15.3. The van der Waals surface area contributed by atoms with E-state index in [4.69, 9.17) is 30.2 Å². The fourth-order valence-corrected chi connectivity index (χ4v) is 3.04. The number of carboxylic acids is 1. The van der Waals surface area contributed by atoms with Crippen molar-refractivity contribution in [3.8, 4) is 0 Å². The fourth-order valence-electron chi connectivity index (χ4n) is 3.04. The summed E-state index contributed by atoms with van der Waals surface area (Å²) >= 11 is 0. The van der Waals surface area contributed by atoms with Crippen LogP contribution in [0.15, 0.2) is 0 Å². The molecule has 0 unspecified atom stereocenters. The van der Waals surface area contributed by atoms with Crippen LogP contribution >= 0.6 is 0 Å². The molecule has 12 nitrogen and oxygen atoms in total. The van der Waals surface area contributed by atoms with Gasteiger partial charge in [-0.05, 0) is 0 Å². The van der Waals surface area contributed by atoms with E-state index in [-0.39, 0.29) is 32.7 Å². The van der Waals surface area contributed by atoms with Crippen LogP contribution in [0.3, 0.4) is 0 Å². The number of aliphatic hydroxyl groups is 6. The number of hydrogen-bond donors (Lipinski definition) is 8. The Bertz CT molecular complexity index is 486. The molecule has 0 saturated carbocycles. The van der Waals surface area contributed by atoms with Gasteiger partial charge in [0.15, 0.2) is 12.4 Å². The second-order valence-electron chi connectivity index (χ2n) is 6.42. The zero-order chi connectivity index (χ0) is 19.6. The maximum absolute atomic E-state index is 11.0. The smallest absolute Gasteiger partial charge is 0.479 e. The molecule has 0 aromatic rings. The molecule has 2 aliphatic heterocycles. The first-order valence-corrected chi connectivity index (χ1v) is 8.07. The number of nitrogens with two attached hydrogens (primary N) is 1. The second-order valence-corrected chi connectivity index (χ2v) is 6.42. The second kappa shape index (κ2) is 10.5. The van der Waals surface area contributed by atoms with Crippen molar-refractivity contribution in [3.63, 3.8) is 0 Å². The van der Waals surface area contributed by atoms with Gasteiger partial charge in [-0.2, -0.15) is 0 Å². The third-order valence-electron chi connectivity index (χ3n) is 4.69. The Balaban J connectivity index is 0.00000364. The average molecular weight is 449 g/mol. The quantitative estimate of drug-likeness (QED) is 0.179. The molecule has 152 valence electrons. The van der Waals surface area contributed by atoms with E-state index < -0.39 is 73.6 Å². The van der Waals surface area contributed by atoms with Crippen molar-refractivity contribution < 1.29 is 74.2 Å². The van der Waals surface area contributed by atoms with E-state index in [1.54, 1.807) is 0 Å². The van der Waals surface area contributed by atoms with Crippen molar-refractivity contribution in [2.75, 3.05) is 19.8 Å². The zero-order valence-corrected chi connectivity index (χ0v) is 17.4. The maximum atomic E-state index is 11.0. The summed E-state index contributed by atoms with van der Waals surface area (Å²) in [6.45, 7) is -1.14. The molecule has 0 aliphatic carbocycles. The summed E-state index contributed by atoms with van der Waals surface area (Å²) in [6, 6.07) is -1.01. The van der Waals surface area contributed by atoms with Crippen molar-refractivity contribution in [2.45, 2.75) is 55.1 Å². The first-order chi connectivity index (χ1) is 12.2. The largest absolute Gasteiger partial charge is 2.00 e. The normalized spacial score (nSPS) is 45.1. The van der Waals surface area contributed by atoms with Gasteiger partial charge in [-0.25, -0.2) is 4.79 Å². The molecule has 9 N–H and O–H groups in total. The molecule has 0 bridgehead atoms. The Morgan fingerprint density at radius 1 is 0.926 bits per heavy atom. The van der Waals surface area contributed by atoms with Crippen molar-refractivity contribution >= 4 is 5.97 Å². The third kappa shape index (κ3) is 5.40. The number of rotatable bonds is 6. The summed E-state index contributed by atoms with van der Waals surface area (Å²) in [7, 11) is 0. The first kappa shape index (κ1) is 24.7. The van der Waals surface area contributed by atoms with Crippen molar-refractivity contribution in [2.24, 2.45) is 11.7 Å². The Kier molecular flexibility index (Phi) is 9.58. The Labute approximate surface area is 167 Å². The van der Waals surface area contributed by atoms with E-state index in [1.807, 2.05) is 0 Å². The van der Waals surface area contributed by atoms with Crippen LogP contribution in [0.25, 0.3) is 0 Å². The van der Waals surface area contributed by atoms with Crippen LogP contribution < -0.4 is 5.73 Å². The third-order valence-corrected chi connectivity index (χ3v) is 4.69. The molecule has 2 fully saturated rings. The summed E-state index contributed by atoms with van der Waals surface area (Å²) in [5, 5.41) is 67.2. The molecule has 27 heavy (non-hydrogen) atoms. The monoisotopic (exact) mass is 447 g/mol. The topological polar surface area (TPSA) is 212 Å². The van der Waals surface area contributed by atoms with Crippen LogP contribution in [0.4, 0.5) is 0 Å². The molecule has 0 aromatic heterocycles. The Morgan fingerprint density at radius 3 is 2.11 bits per heavy atom. The van der Waals surface area contributed by atoms with Crippen LogP contribution in [-0.4, -0.2) is 117 Å². The summed E-state index contributed by atoms with van der Waals surface area (Å²) in [6.07, 6.45) is -11.8.